The van der Waals surface area contributed by atoms with E-state index in [1.54, 1.807) is 12.1 Å². The van der Waals surface area contributed by atoms with Crippen molar-refractivity contribution in [1.82, 2.24) is 14.8 Å². The molecular formula is C24H31FN4O. The Hall–Kier alpha value is -2.47. The standard InChI is InChI=1S/C24H31FN4O/c25-21-11-9-20(10-12-21)18-29(22-6-2-1-3-7-22)24(30)19-27-14-16-28(17-15-27)23-8-4-5-13-26-23/h4-5,8-13,22H,1-3,6-7,14-19H2. The van der Waals surface area contributed by atoms with Crippen LogP contribution in [0.4, 0.5) is 10.2 Å². The number of nitrogens with zero attached hydrogens (tertiary/aromatic N) is 4. The molecule has 2 heterocycles. The Balaban J connectivity index is 1.37. The van der Waals surface area contributed by atoms with E-state index < -0.39 is 0 Å². The largest absolute Gasteiger partial charge is 0.354 e. The van der Waals surface area contributed by atoms with Gasteiger partial charge < -0.3 is 9.80 Å². The minimum absolute atomic E-state index is 0.192. The van der Waals surface area contributed by atoms with Crippen LogP contribution in [0.15, 0.2) is 48.7 Å². The fourth-order valence-electron chi connectivity index (χ4n) is 4.56. The Bertz CT molecular complexity index is 800. The van der Waals surface area contributed by atoms with Crippen LogP contribution in [0, 0.1) is 5.82 Å². The van der Waals surface area contributed by atoms with E-state index in [0.717, 1.165) is 50.4 Å². The lowest BCUT2D eigenvalue weighted by atomic mass is 9.93. The molecule has 2 aliphatic rings. The summed E-state index contributed by atoms with van der Waals surface area (Å²) in [6.07, 6.45) is 7.58. The van der Waals surface area contributed by atoms with Gasteiger partial charge in [0.25, 0.3) is 0 Å². The fourth-order valence-corrected chi connectivity index (χ4v) is 4.56. The SMILES string of the molecule is O=C(CN1CCN(c2ccccn2)CC1)N(Cc1ccc(F)cc1)C1CCCCC1. The molecule has 1 amide bonds. The summed E-state index contributed by atoms with van der Waals surface area (Å²) in [5, 5.41) is 0. The smallest absolute Gasteiger partial charge is 0.237 e. The monoisotopic (exact) mass is 410 g/mol. The van der Waals surface area contributed by atoms with Crippen LogP contribution in [0.3, 0.4) is 0 Å². The fraction of sp³-hybridized carbons (Fsp3) is 0.500. The van der Waals surface area contributed by atoms with Gasteiger partial charge in [0.1, 0.15) is 11.6 Å². The zero-order valence-corrected chi connectivity index (χ0v) is 17.5. The third-order valence-corrected chi connectivity index (χ3v) is 6.31. The first-order valence-corrected chi connectivity index (χ1v) is 11.1. The van der Waals surface area contributed by atoms with Crippen molar-refractivity contribution in [2.75, 3.05) is 37.6 Å². The van der Waals surface area contributed by atoms with Gasteiger partial charge in [0, 0.05) is 45.0 Å². The Morgan fingerprint density at radius 1 is 1.00 bits per heavy atom. The highest BCUT2D eigenvalue weighted by molar-refractivity contribution is 5.78. The van der Waals surface area contributed by atoms with Crippen molar-refractivity contribution < 1.29 is 9.18 Å². The van der Waals surface area contributed by atoms with Crippen LogP contribution in [-0.4, -0.2) is 59.5 Å². The number of hydrogen-bond donors (Lipinski definition) is 0. The van der Waals surface area contributed by atoms with Gasteiger partial charge in [0.2, 0.25) is 5.91 Å². The number of piperazine rings is 1. The molecule has 4 rings (SSSR count). The van der Waals surface area contributed by atoms with Crippen molar-refractivity contribution in [2.24, 2.45) is 0 Å². The second-order valence-corrected chi connectivity index (χ2v) is 8.39. The highest BCUT2D eigenvalue weighted by Gasteiger charge is 2.28. The summed E-state index contributed by atoms with van der Waals surface area (Å²) < 4.78 is 13.3. The topological polar surface area (TPSA) is 39.7 Å². The lowest BCUT2D eigenvalue weighted by Gasteiger charge is -2.38. The number of hydrogen-bond acceptors (Lipinski definition) is 4. The van der Waals surface area contributed by atoms with E-state index in [1.807, 2.05) is 24.4 Å². The second-order valence-electron chi connectivity index (χ2n) is 8.39. The quantitative estimate of drug-likeness (QED) is 0.728. The lowest BCUT2D eigenvalue weighted by Crippen LogP contribution is -2.51. The Labute approximate surface area is 178 Å². The van der Waals surface area contributed by atoms with Crippen LogP contribution in [-0.2, 0) is 11.3 Å². The number of carbonyl (C=O) groups excluding carboxylic acids is 1. The molecule has 1 saturated heterocycles. The number of anilines is 1. The molecule has 2 aromatic rings. The maximum atomic E-state index is 13.3. The van der Waals surface area contributed by atoms with E-state index in [1.165, 1.54) is 31.4 Å². The van der Waals surface area contributed by atoms with Gasteiger partial charge in [0.05, 0.1) is 6.54 Å². The number of pyridine rings is 1. The van der Waals surface area contributed by atoms with Crippen LogP contribution >= 0.6 is 0 Å². The molecule has 5 nitrogen and oxygen atoms in total. The van der Waals surface area contributed by atoms with Crippen LogP contribution in [0.5, 0.6) is 0 Å². The molecule has 1 aliphatic heterocycles. The third kappa shape index (κ3) is 5.36. The molecule has 1 aromatic heterocycles. The first-order chi connectivity index (χ1) is 14.7. The summed E-state index contributed by atoms with van der Waals surface area (Å²) in [5.74, 6) is 0.959. The van der Waals surface area contributed by atoms with Crippen molar-refractivity contribution in [3.63, 3.8) is 0 Å². The molecule has 0 atom stereocenters. The van der Waals surface area contributed by atoms with Gasteiger partial charge in [-0.05, 0) is 42.7 Å². The van der Waals surface area contributed by atoms with Crippen molar-refractivity contribution >= 4 is 11.7 Å². The molecular weight excluding hydrogens is 379 g/mol. The average Bonchev–Trinajstić information content (AvgIpc) is 2.80. The first-order valence-electron chi connectivity index (χ1n) is 11.1. The average molecular weight is 411 g/mol. The van der Waals surface area contributed by atoms with Crippen LogP contribution < -0.4 is 4.90 Å². The van der Waals surface area contributed by atoms with E-state index >= 15 is 0 Å². The molecule has 1 aromatic carbocycles. The van der Waals surface area contributed by atoms with Gasteiger partial charge in [-0.1, -0.05) is 37.5 Å². The van der Waals surface area contributed by atoms with Crippen molar-refractivity contribution in [3.05, 3.63) is 60.0 Å². The van der Waals surface area contributed by atoms with Crippen molar-refractivity contribution in [1.29, 1.82) is 0 Å². The summed E-state index contributed by atoms with van der Waals surface area (Å²) in [6, 6.07) is 12.8. The van der Waals surface area contributed by atoms with Gasteiger partial charge in [-0.15, -0.1) is 0 Å². The van der Waals surface area contributed by atoms with E-state index in [9.17, 15) is 9.18 Å². The van der Waals surface area contributed by atoms with Gasteiger partial charge in [0.15, 0.2) is 0 Å². The van der Waals surface area contributed by atoms with E-state index in [0.29, 0.717) is 19.1 Å². The number of carbonyl (C=O) groups is 1. The molecule has 2 fully saturated rings. The zero-order valence-electron chi connectivity index (χ0n) is 17.5. The highest BCUT2D eigenvalue weighted by atomic mass is 19.1. The first kappa shape index (κ1) is 20.8. The van der Waals surface area contributed by atoms with Gasteiger partial charge in [-0.25, -0.2) is 9.37 Å². The van der Waals surface area contributed by atoms with Crippen molar-refractivity contribution in [2.45, 2.75) is 44.7 Å². The highest BCUT2D eigenvalue weighted by Crippen LogP contribution is 2.25. The molecule has 1 saturated carbocycles. The number of aromatic nitrogens is 1. The van der Waals surface area contributed by atoms with Crippen LogP contribution in [0.25, 0.3) is 0 Å². The van der Waals surface area contributed by atoms with Gasteiger partial charge in [-0.2, -0.15) is 0 Å². The minimum atomic E-state index is -0.236. The molecule has 6 heteroatoms. The number of amides is 1. The summed E-state index contributed by atoms with van der Waals surface area (Å²) in [4.78, 5) is 24.3. The van der Waals surface area contributed by atoms with Crippen LogP contribution in [0.2, 0.25) is 0 Å². The van der Waals surface area contributed by atoms with Gasteiger partial charge in [-0.3, -0.25) is 9.69 Å². The van der Waals surface area contributed by atoms with E-state index in [4.69, 9.17) is 0 Å². The summed E-state index contributed by atoms with van der Waals surface area (Å²) in [6.45, 7) is 4.50. The van der Waals surface area contributed by atoms with Crippen molar-refractivity contribution in [3.8, 4) is 0 Å². The third-order valence-electron chi connectivity index (χ3n) is 6.31. The molecule has 0 bridgehead atoms. The molecule has 0 radical (unpaired) electrons. The molecule has 0 N–H and O–H groups in total. The normalized spacial score (nSPS) is 18.4. The predicted octanol–water partition coefficient (Wildman–Crippen LogP) is 3.70. The maximum Gasteiger partial charge on any atom is 0.237 e. The van der Waals surface area contributed by atoms with Gasteiger partial charge >= 0.3 is 0 Å². The lowest BCUT2D eigenvalue weighted by molar-refractivity contribution is -0.136. The zero-order chi connectivity index (χ0) is 20.8. The minimum Gasteiger partial charge on any atom is -0.354 e. The van der Waals surface area contributed by atoms with Crippen LogP contribution in [0.1, 0.15) is 37.7 Å². The Morgan fingerprint density at radius 3 is 2.40 bits per heavy atom. The maximum absolute atomic E-state index is 13.3. The number of halogens is 1. The number of benzene rings is 1. The molecule has 0 unspecified atom stereocenters. The molecule has 30 heavy (non-hydrogen) atoms. The molecule has 1 aliphatic carbocycles. The Kier molecular flexibility index (Phi) is 6.95. The predicted molar refractivity (Wildman–Crippen MR) is 117 cm³/mol. The summed E-state index contributed by atoms with van der Waals surface area (Å²) in [7, 11) is 0. The van der Waals surface area contributed by atoms with E-state index in [-0.39, 0.29) is 11.7 Å². The molecule has 160 valence electrons. The summed E-state index contributed by atoms with van der Waals surface area (Å²) in [5.41, 5.74) is 0.996. The number of rotatable bonds is 6. The second kappa shape index (κ2) is 10.0. The molecule has 0 spiro atoms. The van der Waals surface area contributed by atoms with E-state index in [2.05, 4.69) is 19.7 Å². The summed E-state index contributed by atoms with van der Waals surface area (Å²) >= 11 is 0. The Morgan fingerprint density at radius 2 is 1.73 bits per heavy atom.